The number of ether oxygens (including phenoxy) is 2. The molecule has 3 aromatic rings. The SMILES string of the molecule is CN1Cc2ccccc2[C@H]2OC(c3ccc(OCCCO)cc3)=N[C@@]2(Cc2ccccc2Br)C1=O. The standard InChI is InChI=1S/C28H27BrN2O4/c1-31-18-21-8-2-4-9-23(21)25-28(27(31)33,17-20-7-3-5-10-24(20)29)30-26(35-25)19-11-13-22(14-12-19)34-16-6-15-32/h2-5,7-14,25,32H,6,15-18H2,1H3/t25-,28-/m1/s1. The zero-order valence-corrected chi connectivity index (χ0v) is 21.1. The molecule has 0 fully saturated rings. The number of aliphatic hydroxyl groups excluding tert-OH is 1. The predicted molar refractivity (Wildman–Crippen MR) is 137 cm³/mol. The van der Waals surface area contributed by atoms with Crippen molar-refractivity contribution >= 4 is 27.7 Å². The highest BCUT2D eigenvalue weighted by Crippen LogP contribution is 2.46. The van der Waals surface area contributed by atoms with Crippen molar-refractivity contribution in [3.05, 3.63) is 99.5 Å². The maximum Gasteiger partial charge on any atom is 0.255 e. The van der Waals surface area contributed by atoms with Gasteiger partial charge in [0.15, 0.2) is 11.6 Å². The van der Waals surface area contributed by atoms with Crippen LogP contribution in [-0.4, -0.2) is 47.6 Å². The van der Waals surface area contributed by atoms with Gasteiger partial charge in [0.05, 0.1) is 6.61 Å². The van der Waals surface area contributed by atoms with Crippen molar-refractivity contribution in [3.8, 4) is 5.75 Å². The molecule has 2 heterocycles. The summed E-state index contributed by atoms with van der Waals surface area (Å²) in [5, 5.41) is 8.96. The number of halogens is 1. The normalized spacial score (nSPS) is 21.0. The molecule has 0 aliphatic carbocycles. The Morgan fingerprint density at radius 1 is 1.11 bits per heavy atom. The summed E-state index contributed by atoms with van der Waals surface area (Å²) in [4.78, 5) is 20.8. The topological polar surface area (TPSA) is 71.4 Å². The lowest BCUT2D eigenvalue weighted by atomic mass is 9.82. The number of benzene rings is 3. The van der Waals surface area contributed by atoms with Crippen molar-refractivity contribution in [1.29, 1.82) is 0 Å². The number of likely N-dealkylation sites (N-methyl/N-ethyl adjacent to an activating group) is 1. The summed E-state index contributed by atoms with van der Waals surface area (Å²) in [6.07, 6.45) is 0.438. The molecule has 0 unspecified atom stereocenters. The second-order valence-electron chi connectivity index (χ2n) is 8.92. The fourth-order valence-corrected chi connectivity index (χ4v) is 5.19. The van der Waals surface area contributed by atoms with Crippen molar-refractivity contribution in [1.82, 2.24) is 4.90 Å². The number of nitrogens with zero attached hydrogens (tertiary/aromatic N) is 2. The van der Waals surface area contributed by atoms with Gasteiger partial charge in [0.2, 0.25) is 5.90 Å². The molecule has 0 radical (unpaired) electrons. The third-order valence-electron chi connectivity index (χ3n) is 6.52. The second kappa shape index (κ2) is 9.84. The van der Waals surface area contributed by atoms with E-state index < -0.39 is 11.6 Å². The van der Waals surface area contributed by atoms with Gasteiger partial charge in [-0.3, -0.25) is 4.79 Å². The van der Waals surface area contributed by atoms with Crippen LogP contribution in [0.15, 0.2) is 82.3 Å². The van der Waals surface area contributed by atoms with Gasteiger partial charge < -0.3 is 19.5 Å². The summed E-state index contributed by atoms with van der Waals surface area (Å²) in [6.45, 7) is 1.05. The van der Waals surface area contributed by atoms with E-state index in [2.05, 4.69) is 15.9 Å². The first kappa shape index (κ1) is 23.6. The van der Waals surface area contributed by atoms with E-state index >= 15 is 0 Å². The number of hydrogen-bond acceptors (Lipinski definition) is 5. The van der Waals surface area contributed by atoms with Crippen molar-refractivity contribution in [2.24, 2.45) is 4.99 Å². The molecule has 1 amide bonds. The maximum absolute atomic E-state index is 14.0. The van der Waals surface area contributed by atoms with Crippen LogP contribution in [0.3, 0.4) is 0 Å². The Labute approximate surface area is 213 Å². The van der Waals surface area contributed by atoms with Crippen molar-refractivity contribution in [2.75, 3.05) is 20.3 Å². The van der Waals surface area contributed by atoms with Crippen LogP contribution in [0.5, 0.6) is 5.75 Å². The number of amides is 1. The molecular weight excluding hydrogens is 508 g/mol. The highest BCUT2D eigenvalue weighted by Gasteiger charge is 2.56. The average Bonchev–Trinajstić information content (AvgIpc) is 3.22. The molecule has 5 rings (SSSR count). The molecule has 3 aromatic carbocycles. The summed E-state index contributed by atoms with van der Waals surface area (Å²) < 4.78 is 13.1. The molecule has 7 heteroatoms. The number of hydrogen-bond donors (Lipinski definition) is 1. The molecule has 0 bridgehead atoms. The molecular formula is C28H27BrN2O4. The molecule has 0 spiro atoms. The third kappa shape index (κ3) is 4.46. The van der Waals surface area contributed by atoms with Gasteiger partial charge in [-0.2, -0.15) is 0 Å². The Kier molecular flexibility index (Phi) is 6.62. The van der Waals surface area contributed by atoms with Gasteiger partial charge >= 0.3 is 0 Å². The Morgan fingerprint density at radius 2 is 1.86 bits per heavy atom. The highest BCUT2D eigenvalue weighted by atomic mass is 79.9. The summed E-state index contributed by atoms with van der Waals surface area (Å²) in [5.41, 5.74) is 2.70. The van der Waals surface area contributed by atoms with Crippen LogP contribution in [0.4, 0.5) is 0 Å². The number of carbonyl (C=O) groups is 1. The number of aliphatic hydroxyl groups is 1. The monoisotopic (exact) mass is 534 g/mol. The van der Waals surface area contributed by atoms with E-state index in [0.717, 1.165) is 26.7 Å². The highest BCUT2D eigenvalue weighted by molar-refractivity contribution is 9.10. The average molecular weight is 535 g/mol. The van der Waals surface area contributed by atoms with Crippen molar-refractivity contribution in [2.45, 2.75) is 31.0 Å². The minimum Gasteiger partial charge on any atom is -0.494 e. The molecule has 6 nitrogen and oxygen atoms in total. The molecule has 0 saturated carbocycles. The van der Waals surface area contributed by atoms with Crippen LogP contribution in [0.2, 0.25) is 0 Å². The molecule has 1 N–H and O–H groups in total. The Morgan fingerprint density at radius 3 is 2.63 bits per heavy atom. The van der Waals surface area contributed by atoms with E-state index in [4.69, 9.17) is 19.6 Å². The summed E-state index contributed by atoms with van der Waals surface area (Å²) >= 11 is 3.65. The largest absolute Gasteiger partial charge is 0.494 e. The molecule has 2 atom stereocenters. The second-order valence-corrected chi connectivity index (χ2v) is 9.77. The van der Waals surface area contributed by atoms with E-state index in [-0.39, 0.29) is 12.5 Å². The molecule has 35 heavy (non-hydrogen) atoms. The fourth-order valence-electron chi connectivity index (χ4n) is 4.77. The van der Waals surface area contributed by atoms with Crippen LogP contribution in [0, 0.1) is 0 Å². The van der Waals surface area contributed by atoms with E-state index in [1.54, 1.807) is 4.90 Å². The van der Waals surface area contributed by atoms with Crippen molar-refractivity contribution < 1.29 is 19.4 Å². The van der Waals surface area contributed by atoms with Gasteiger partial charge in [-0.05, 0) is 41.5 Å². The lowest BCUT2D eigenvalue weighted by Gasteiger charge is -2.31. The first-order chi connectivity index (χ1) is 17.0. The van der Waals surface area contributed by atoms with Crippen LogP contribution in [0.1, 0.15) is 34.8 Å². The summed E-state index contributed by atoms with van der Waals surface area (Å²) in [6, 6.07) is 23.5. The molecule has 0 aromatic heterocycles. The molecule has 180 valence electrons. The van der Waals surface area contributed by atoms with Gasteiger partial charge in [0.1, 0.15) is 5.75 Å². The van der Waals surface area contributed by atoms with Crippen molar-refractivity contribution in [3.63, 3.8) is 0 Å². The van der Waals surface area contributed by atoms with Gasteiger partial charge in [0, 0.05) is 48.6 Å². The molecule has 2 aliphatic heterocycles. The zero-order chi connectivity index (χ0) is 24.4. The van der Waals surface area contributed by atoms with E-state index in [1.807, 2.05) is 79.8 Å². The first-order valence-electron chi connectivity index (χ1n) is 11.7. The molecule has 2 aliphatic rings. The lowest BCUT2D eigenvalue weighted by molar-refractivity contribution is -0.138. The lowest BCUT2D eigenvalue weighted by Crippen LogP contribution is -2.48. The number of carbonyl (C=O) groups excluding carboxylic acids is 1. The Balaban J connectivity index is 1.58. The van der Waals surface area contributed by atoms with Gasteiger partial charge in [-0.1, -0.05) is 58.4 Å². The first-order valence-corrected chi connectivity index (χ1v) is 12.5. The van der Waals surface area contributed by atoms with E-state index in [1.165, 1.54) is 0 Å². The number of aliphatic imine (C=N–C) groups is 1. The minimum absolute atomic E-state index is 0.0617. The Bertz CT molecular complexity index is 1260. The van der Waals surface area contributed by atoms with Crippen LogP contribution in [-0.2, 0) is 22.5 Å². The van der Waals surface area contributed by atoms with Gasteiger partial charge in [-0.15, -0.1) is 0 Å². The summed E-state index contributed by atoms with van der Waals surface area (Å²) in [7, 11) is 1.83. The predicted octanol–water partition coefficient (Wildman–Crippen LogP) is 4.68. The number of fused-ring (bicyclic) bond motifs is 3. The van der Waals surface area contributed by atoms with Crippen LogP contribution in [0.25, 0.3) is 0 Å². The maximum atomic E-state index is 14.0. The smallest absolute Gasteiger partial charge is 0.255 e. The summed E-state index contributed by atoms with van der Waals surface area (Å²) in [5.74, 6) is 1.09. The minimum atomic E-state index is -1.13. The Hall–Kier alpha value is -3.16. The van der Waals surface area contributed by atoms with E-state index in [9.17, 15) is 4.79 Å². The van der Waals surface area contributed by atoms with Crippen LogP contribution >= 0.6 is 15.9 Å². The third-order valence-corrected chi connectivity index (χ3v) is 7.29. The van der Waals surface area contributed by atoms with Gasteiger partial charge in [0.25, 0.3) is 5.91 Å². The fraction of sp³-hybridized carbons (Fsp3) is 0.286. The zero-order valence-electron chi connectivity index (χ0n) is 19.5. The number of rotatable bonds is 7. The van der Waals surface area contributed by atoms with Gasteiger partial charge in [-0.25, -0.2) is 4.99 Å². The van der Waals surface area contributed by atoms with Crippen LogP contribution < -0.4 is 4.74 Å². The quantitative estimate of drug-likeness (QED) is 0.446. The molecule has 0 saturated heterocycles. The van der Waals surface area contributed by atoms with E-state index in [0.29, 0.717) is 37.6 Å².